The Morgan fingerprint density at radius 1 is 0.800 bits per heavy atom. The Kier molecular flexibility index (Phi) is 5.94. The van der Waals surface area contributed by atoms with Crippen molar-refractivity contribution < 1.29 is 14.7 Å². The van der Waals surface area contributed by atoms with Crippen molar-refractivity contribution in [2.75, 3.05) is 52.4 Å². The molecule has 0 aromatic carbocycles. The maximum Gasteiger partial charge on any atom is 0.229 e. The van der Waals surface area contributed by atoms with Gasteiger partial charge in [-0.05, 0) is 19.4 Å². The first-order valence-corrected chi connectivity index (χ1v) is 7.59. The number of likely N-dealkylation sites (tertiary alicyclic amines) is 1. The first-order valence-electron chi connectivity index (χ1n) is 7.59. The number of imide groups is 1. The summed E-state index contributed by atoms with van der Waals surface area (Å²) in [6.07, 6.45) is 2.71. The monoisotopic (exact) mass is 283 g/mol. The Bertz CT molecular complexity index is 325. The van der Waals surface area contributed by atoms with Crippen LogP contribution in [0.3, 0.4) is 0 Å². The van der Waals surface area contributed by atoms with Crippen LogP contribution in [-0.4, -0.2) is 84.0 Å². The van der Waals surface area contributed by atoms with E-state index in [0.717, 1.165) is 52.1 Å². The first kappa shape index (κ1) is 15.4. The van der Waals surface area contributed by atoms with Gasteiger partial charge in [0.15, 0.2) is 0 Å². The zero-order valence-electron chi connectivity index (χ0n) is 12.1. The molecule has 2 aliphatic heterocycles. The molecule has 2 rings (SSSR count). The van der Waals surface area contributed by atoms with Crippen molar-refractivity contribution in [1.82, 2.24) is 14.7 Å². The van der Waals surface area contributed by atoms with Crippen molar-refractivity contribution in [3.63, 3.8) is 0 Å². The number of amides is 2. The molecule has 1 N–H and O–H groups in total. The molecule has 20 heavy (non-hydrogen) atoms. The van der Waals surface area contributed by atoms with E-state index in [1.807, 2.05) is 0 Å². The van der Waals surface area contributed by atoms with Crippen LogP contribution in [0.1, 0.15) is 25.7 Å². The average Bonchev–Trinajstić information content (AvgIpc) is 2.77. The Labute approximate surface area is 120 Å². The molecule has 0 atom stereocenters. The second-order valence-corrected chi connectivity index (χ2v) is 5.55. The van der Waals surface area contributed by atoms with Gasteiger partial charge in [0.25, 0.3) is 0 Å². The number of aliphatic hydroxyl groups is 1. The van der Waals surface area contributed by atoms with Crippen LogP contribution in [0.15, 0.2) is 0 Å². The number of aliphatic hydroxyl groups excluding tert-OH is 1. The van der Waals surface area contributed by atoms with Gasteiger partial charge in [-0.3, -0.25) is 19.4 Å². The van der Waals surface area contributed by atoms with E-state index in [-0.39, 0.29) is 18.4 Å². The highest BCUT2D eigenvalue weighted by atomic mass is 16.3. The lowest BCUT2D eigenvalue weighted by Crippen LogP contribution is -2.47. The van der Waals surface area contributed by atoms with Crippen LogP contribution in [0, 0.1) is 0 Å². The third kappa shape index (κ3) is 4.26. The molecule has 6 nitrogen and oxygen atoms in total. The molecule has 2 heterocycles. The van der Waals surface area contributed by atoms with E-state index in [0.29, 0.717) is 19.4 Å². The second-order valence-electron chi connectivity index (χ2n) is 5.55. The molecule has 0 aliphatic carbocycles. The first-order chi connectivity index (χ1) is 9.70. The molecule has 0 bridgehead atoms. The van der Waals surface area contributed by atoms with Crippen LogP contribution in [-0.2, 0) is 9.59 Å². The SMILES string of the molecule is O=C1CCC(=O)N1CCCCN1CCN(CCO)CC1. The van der Waals surface area contributed by atoms with E-state index in [4.69, 9.17) is 5.11 Å². The Hall–Kier alpha value is -0.980. The zero-order chi connectivity index (χ0) is 14.4. The fraction of sp³-hybridized carbons (Fsp3) is 0.857. The van der Waals surface area contributed by atoms with E-state index >= 15 is 0 Å². The number of nitrogens with zero attached hydrogens (tertiary/aromatic N) is 3. The van der Waals surface area contributed by atoms with Crippen LogP contribution in [0.25, 0.3) is 0 Å². The van der Waals surface area contributed by atoms with Gasteiger partial charge in [0.2, 0.25) is 11.8 Å². The highest BCUT2D eigenvalue weighted by Gasteiger charge is 2.27. The molecule has 114 valence electrons. The molecular formula is C14H25N3O3. The summed E-state index contributed by atoms with van der Waals surface area (Å²) < 4.78 is 0. The van der Waals surface area contributed by atoms with Crippen molar-refractivity contribution in [3.8, 4) is 0 Å². The lowest BCUT2D eigenvalue weighted by atomic mass is 10.2. The summed E-state index contributed by atoms with van der Waals surface area (Å²) in [7, 11) is 0. The number of rotatable bonds is 7. The van der Waals surface area contributed by atoms with Crippen LogP contribution < -0.4 is 0 Å². The summed E-state index contributed by atoms with van der Waals surface area (Å²) in [5.74, 6) is -0.0137. The van der Waals surface area contributed by atoms with Gasteiger partial charge in [-0.15, -0.1) is 0 Å². The zero-order valence-corrected chi connectivity index (χ0v) is 12.1. The third-order valence-electron chi connectivity index (χ3n) is 4.14. The summed E-state index contributed by atoms with van der Waals surface area (Å²) in [6, 6.07) is 0. The van der Waals surface area contributed by atoms with Crippen LogP contribution in [0.5, 0.6) is 0 Å². The fourth-order valence-electron chi connectivity index (χ4n) is 2.86. The minimum atomic E-state index is -0.00684. The number of β-amino-alcohol motifs (C(OH)–C–C–N with tert-alkyl or cyclic N) is 1. The third-order valence-corrected chi connectivity index (χ3v) is 4.14. The second kappa shape index (κ2) is 7.71. The molecule has 0 radical (unpaired) electrons. The largest absolute Gasteiger partial charge is 0.395 e. The predicted octanol–water partition coefficient (Wildman–Crippen LogP) is -0.474. The van der Waals surface area contributed by atoms with Gasteiger partial charge < -0.3 is 10.0 Å². The van der Waals surface area contributed by atoms with E-state index < -0.39 is 0 Å². The van der Waals surface area contributed by atoms with E-state index in [9.17, 15) is 9.59 Å². The number of hydrogen-bond acceptors (Lipinski definition) is 5. The van der Waals surface area contributed by atoms with Crippen LogP contribution in [0.4, 0.5) is 0 Å². The van der Waals surface area contributed by atoms with Gasteiger partial charge in [-0.25, -0.2) is 0 Å². The van der Waals surface area contributed by atoms with Gasteiger partial charge >= 0.3 is 0 Å². The molecule has 0 aromatic heterocycles. The molecule has 6 heteroatoms. The van der Waals surface area contributed by atoms with Crippen molar-refractivity contribution in [3.05, 3.63) is 0 Å². The van der Waals surface area contributed by atoms with Crippen molar-refractivity contribution >= 4 is 11.8 Å². The summed E-state index contributed by atoms with van der Waals surface area (Å²) in [6.45, 7) is 6.74. The smallest absolute Gasteiger partial charge is 0.229 e. The molecule has 0 spiro atoms. The van der Waals surface area contributed by atoms with Gasteiger partial charge in [-0.1, -0.05) is 0 Å². The van der Waals surface area contributed by atoms with Gasteiger partial charge in [0.05, 0.1) is 6.61 Å². The quantitative estimate of drug-likeness (QED) is 0.505. The number of hydrogen-bond donors (Lipinski definition) is 1. The van der Waals surface area contributed by atoms with Gasteiger partial charge in [0.1, 0.15) is 0 Å². The normalized spacial score (nSPS) is 21.9. The van der Waals surface area contributed by atoms with E-state index in [1.54, 1.807) is 0 Å². The number of unbranched alkanes of at least 4 members (excludes halogenated alkanes) is 1. The van der Waals surface area contributed by atoms with Crippen LogP contribution >= 0.6 is 0 Å². The summed E-state index contributed by atoms with van der Waals surface area (Å²) in [5, 5.41) is 8.89. The number of carbonyl (C=O) groups is 2. The maximum atomic E-state index is 11.4. The average molecular weight is 283 g/mol. The molecule has 2 amide bonds. The summed E-state index contributed by atoms with van der Waals surface area (Å²) >= 11 is 0. The summed E-state index contributed by atoms with van der Waals surface area (Å²) in [5.41, 5.74) is 0. The number of carbonyl (C=O) groups excluding carboxylic acids is 2. The van der Waals surface area contributed by atoms with Crippen molar-refractivity contribution in [1.29, 1.82) is 0 Å². The Balaban J connectivity index is 1.56. The topological polar surface area (TPSA) is 64.1 Å². The van der Waals surface area contributed by atoms with Gasteiger partial charge in [-0.2, -0.15) is 0 Å². The lowest BCUT2D eigenvalue weighted by Gasteiger charge is -2.34. The van der Waals surface area contributed by atoms with Crippen molar-refractivity contribution in [2.45, 2.75) is 25.7 Å². The van der Waals surface area contributed by atoms with E-state index in [1.165, 1.54) is 4.90 Å². The van der Waals surface area contributed by atoms with Crippen molar-refractivity contribution in [2.24, 2.45) is 0 Å². The highest BCUT2D eigenvalue weighted by Crippen LogP contribution is 2.12. The molecule has 0 aromatic rings. The molecule has 0 unspecified atom stereocenters. The lowest BCUT2D eigenvalue weighted by molar-refractivity contribution is -0.138. The molecule has 2 fully saturated rings. The summed E-state index contributed by atoms with van der Waals surface area (Å²) in [4.78, 5) is 29.0. The maximum absolute atomic E-state index is 11.4. The van der Waals surface area contributed by atoms with Gasteiger partial charge in [0, 0.05) is 52.1 Å². The molecule has 2 aliphatic rings. The highest BCUT2D eigenvalue weighted by molar-refractivity contribution is 6.01. The number of piperazine rings is 1. The Morgan fingerprint density at radius 3 is 1.85 bits per heavy atom. The standard InChI is InChI=1S/C14H25N3O3/c18-12-11-16-9-7-15(8-10-16)5-1-2-6-17-13(19)3-4-14(17)20/h18H,1-12H2. The predicted molar refractivity (Wildman–Crippen MR) is 75.2 cm³/mol. The molecule has 2 saturated heterocycles. The molecule has 0 saturated carbocycles. The molecular weight excluding hydrogens is 258 g/mol. The van der Waals surface area contributed by atoms with E-state index in [2.05, 4.69) is 9.80 Å². The minimum Gasteiger partial charge on any atom is -0.395 e. The Morgan fingerprint density at radius 2 is 1.30 bits per heavy atom. The fourth-order valence-corrected chi connectivity index (χ4v) is 2.86. The van der Waals surface area contributed by atoms with Crippen LogP contribution in [0.2, 0.25) is 0 Å². The minimum absolute atomic E-state index is 0.00684.